The highest BCUT2D eigenvalue weighted by Crippen LogP contribution is 2.24. The Bertz CT molecular complexity index is 854. The highest BCUT2D eigenvalue weighted by molar-refractivity contribution is 7.92. The second kappa shape index (κ2) is 5.09. The van der Waals surface area contributed by atoms with Gasteiger partial charge in [-0.25, -0.2) is 4.98 Å². The predicted octanol–water partition coefficient (Wildman–Crippen LogP) is 1.55. The van der Waals surface area contributed by atoms with Gasteiger partial charge in [0.1, 0.15) is 11.9 Å². The molecular weight excluding hydrogens is 294 g/mol. The van der Waals surface area contributed by atoms with Gasteiger partial charge in [-0.2, -0.15) is 8.42 Å². The molecule has 0 aliphatic rings. The molecule has 0 aromatic carbocycles. The fraction of sp³-hybridized carbons (Fsp3) is 0.167. The van der Waals surface area contributed by atoms with Gasteiger partial charge in [0, 0.05) is 18.8 Å². The molecule has 0 amide bonds. The van der Waals surface area contributed by atoms with Crippen LogP contribution in [0.15, 0.2) is 46.3 Å². The Morgan fingerprint density at radius 3 is 2.90 bits per heavy atom. The molecule has 0 spiro atoms. The molecule has 9 heteroatoms. The van der Waals surface area contributed by atoms with Crippen molar-refractivity contribution in [1.29, 1.82) is 0 Å². The van der Waals surface area contributed by atoms with Gasteiger partial charge < -0.3 is 9.84 Å². The normalized spacial score (nSPS) is 11.7. The van der Waals surface area contributed by atoms with Gasteiger partial charge in [0.2, 0.25) is 5.03 Å². The number of rotatable bonds is 5. The Morgan fingerprint density at radius 1 is 1.33 bits per heavy atom. The predicted molar refractivity (Wildman–Crippen MR) is 76.7 cm³/mol. The molecule has 0 saturated carbocycles. The van der Waals surface area contributed by atoms with Gasteiger partial charge in [-0.15, -0.1) is 0 Å². The molecule has 2 N–H and O–H groups in total. The lowest BCUT2D eigenvalue weighted by molar-refractivity contribution is 0.423. The summed E-state index contributed by atoms with van der Waals surface area (Å²) < 4.78 is 33.6. The molecule has 0 fully saturated rings. The average molecular weight is 307 g/mol. The lowest BCUT2D eigenvalue weighted by Gasteiger charge is -2.07. The van der Waals surface area contributed by atoms with Gasteiger partial charge in [-0.1, -0.05) is 11.2 Å². The molecule has 0 radical (unpaired) electrons. The highest BCUT2D eigenvalue weighted by atomic mass is 32.2. The third kappa shape index (κ3) is 2.42. The summed E-state index contributed by atoms with van der Waals surface area (Å²) in [5, 5.41) is 6.54. The molecule has 0 aliphatic heterocycles. The molecule has 0 atom stereocenters. The van der Waals surface area contributed by atoms with Crippen molar-refractivity contribution in [3.63, 3.8) is 0 Å². The first-order chi connectivity index (χ1) is 10.1. The van der Waals surface area contributed by atoms with Crippen LogP contribution in [-0.2, 0) is 10.0 Å². The molecule has 0 saturated heterocycles. The Kier molecular flexibility index (Phi) is 3.26. The maximum absolute atomic E-state index is 12.6. The molecule has 110 valence electrons. The second-order valence-electron chi connectivity index (χ2n) is 4.21. The summed E-state index contributed by atoms with van der Waals surface area (Å²) in [6.07, 6.45) is 2.93. The van der Waals surface area contributed by atoms with Gasteiger partial charge in [0.25, 0.3) is 10.0 Å². The van der Waals surface area contributed by atoms with Crippen LogP contribution in [0.25, 0.3) is 5.65 Å². The largest absolute Gasteiger partial charge is 0.368 e. The maximum Gasteiger partial charge on any atom is 0.282 e. The van der Waals surface area contributed by atoms with Crippen molar-refractivity contribution < 1.29 is 12.9 Å². The lowest BCUT2D eigenvalue weighted by Crippen LogP contribution is -2.17. The van der Waals surface area contributed by atoms with Crippen LogP contribution in [0.3, 0.4) is 0 Å². The zero-order chi connectivity index (χ0) is 14.9. The third-order valence-electron chi connectivity index (χ3n) is 2.76. The molecule has 3 aromatic rings. The van der Waals surface area contributed by atoms with E-state index in [2.05, 4.69) is 24.7 Å². The summed E-state index contributed by atoms with van der Waals surface area (Å²) in [6.45, 7) is 2.42. The van der Waals surface area contributed by atoms with Crippen LogP contribution < -0.4 is 10.0 Å². The number of fused-ring (bicyclic) bond motifs is 1. The number of nitrogens with one attached hydrogen (secondary N) is 2. The summed E-state index contributed by atoms with van der Waals surface area (Å²) in [7, 11) is -3.85. The number of sulfonamides is 1. The molecule has 3 rings (SSSR count). The number of anilines is 2. The molecule has 0 aliphatic carbocycles. The third-order valence-corrected chi connectivity index (χ3v) is 4.14. The van der Waals surface area contributed by atoms with Crippen molar-refractivity contribution >= 4 is 27.3 Å². The van der Waals surface area contributed by atoms with E-state index in [0.717, 1.165) is 0 Å². The topological polar surface area (TPSA) is 102 Å². The summed E-state index contributed by atoms with van der Waals surface area (Å²) >= 11 is 0. The number of hydrogen-bond donors (Lipinski definition) is 2. The van der Waals surface area contributed by atoms with Crippen molar-refractivity contribution in [2.24, 2.45) is 0 Å². The number of nitrogens with zero attached hydrogens (tertiary/aromatic N) is 3. The van der Waals surface area contributed by atoms with E-state index in [4.69, 9.17) is 0 Å². The van der Waals surface area contributed by atoms with Crippen molar-refractivity contribution in [3.8, 4) is 0 Å². The first-order valence-electron chi connectivity index (χ1n) is 6.26. The standard InChI is InChI=1S/C12H13N5O3S/c1-2-13-11-12(17-7-4-3-5-10(17)14-11)21(18,19)16-9-6-8-20-15-9/h3-8,13H,2H2,1H3,(H,15,16). The van der Waals surface area contributed by atoms with Gasteiger partial charge in [0.05, 0.1) is 0 Å². The summed E-state index contributed by atoms with van der Waals surface area (Å²) in [5.41, 5.74) is 0.536. The Morgan fingerprint density at radius 2 is 2.19 bits per heavy atom. The Hall–Kier alpha value is -2.55. The van der Waals surface area contributed by atoms with E-state index in [1.807, 2.05) is 6.92 Å². The minimum absolute atomic E-state index is 0.0305. The molecular formula is C12H13N5O3S. The van der Waals surface area contributed by atoms with Gasteiger partial charge >= 0.3 is 0 Å². The highest BCUT2D eigenvalue weighted by Gasteiger charge is 2.25. The fourth-order valence-corrected chi connectivity index (χ4v) is 3.23. The van der Waals surface area contributed by atoms with Crippen LogP contribution >= 0.6 is 0 Å². The minimum Gasteiger partial charge on any atom is -0.368 e. The number of aromatic nitrogens is 3. The average Bonchev–Trinajstić information content (AvgIpc) is 3.05. The van der Waals surface area contributed by atoms with Crippen molar-refractivity contribution in [3.05, 3.63) is 36.7 Å². The Balaban J connectivity index is 2.15. The molecule has 3 heterocycles. The summed E-state index contributed by atoms with van der Waals surface area (Å²) in [4.78, 5) is 4.29. The Labute approximate surface area is 120 Å². The van der Waals surface area contributed by atoms with E-state index in [1.165, 1.54) is 16.7 Å². The van der Waals surface area contributed by atoms with E-state index in [-0.39, 0.29) is 10.8 Å². The van der Waals surface area contributed by atoms with Crippen LogP contribution in [-0.4, -0.2) is 29.5 Å². The zero-order valence-corrected chi connectivity index (χ0v) is 12.0. The van der Waals surface area contributed by atoms with E-state index >= 15 is 0 Å². The zero-order valence-electron chi connectivity index (χ0n) is 11.1. The lowest BCUT2D eigenvalue weighted by atomic mass is 10.5. The van der Waals surface area contributed by atoms with Crippen LogP contribution in [0.5, 0.6) is 0 Å². The van der Waals surface area contributed by atoms with E-state index < -0.39 is 10.0 Å². The SMILES string of the molecule is CCNc1nc2ccccn2c1S(=O)(=O)Nc1ccon1. The smallest absolute Gasteiger partial charge is 0.282 e. The van der Waals surface area contributed by atoms with Crippen molar-refractivity contribution in [2.45, 2.75) is 11.9 Å². The van der Waals surface area contributed by atoms with Crippen LogP contribution in [0.1, 0.15) is 6.92 Å². The first-order valence-corrected chi connectivity index (χ1v) is 7.74. The minimum atomic E-state index is -3.85. The van der Waals surface area contributed by atoms with Gasteiger partial charge in [-0.3, -0.25) is 9.12 Å². The molecule has 0 bridgehead atoms. The summed E-state index contributed by atoms with van der Waals surface area (Å²) in [5.74, 6) is 0.406. The first kappa shape index (κ1) is 13.4. The number of pyridine rings is 1. The maximum atomic E-state index is 12.6. The fourth-order valence-electron chi connectivity index (χ4n) is 1.96. The van der Waals surface area contributed by atoms with Crippen LogP contribution in [0.2, 0.25) is 0 Å². The van der Waals surface area contributed by atoms with Gasteiger partial charge in [0.15, 0.2) is 11.6 Å². The molecule has 8 nitrogen and oxygen atoms in total. The van der Waals surface area contributed by atoms with Crippen LogP contribution in [0, 0.1) is 0 Å². The molecule has 0 unspecified atom stereocenters. The second-order valence-corrected chi connectivity index (χ2v) is 5.81. The van der Waals surface area contributed by atoms with Crippen LogP contribution in [0.4, 0.5) is 11.6 Å². The quantitative estimate of drug-likeness (QED) is 0.741. The van der Waals surface area contributed by atoms with Crippen molar-refractivity contribution in [1.82, 2.24) is 14.5 Å². The summed E-state index contributed by atoms with van der Waals surface area (Å²) in [6, 6.07) is 6.68. The molecule has 3 aromatic heterocycles. The molecule has 21 heavy (non-hydrogen) atoms. The van der Waals surface area contributed by atoms with Gasteiger partial charge in [-0.05, 0) is 19.1 Å². The number of hydrogen-bond acceptors (Lipinski definition) is 6. The van der Waals surface area contributed by atoms with E-state index in [1.54, 1.807) is 24.4 Å². The van der Waals surface area contributed by atoms with E-state index in [9.17, 15) is 8.42 Å². The van der Waals surface area contributed by atoms with Crippen molar-refractivity contribution in [2.75, 3.05) is 16.6 Å². The monoisotopic (exact) mass is 307 g/mol. The van der Waals surface area contributed by atoms with E-state index in [0.29, 0.717) is 18.0 Å². The number of imidazole rings is 1.